The minimum absolute atomic E-state index is 0.0203. The number of aliphatic hydroxyl groups is 6. The molecule has 386 valence electrons. The van der Waals surface area contributed by atoms with E-state index in [1.807, 2.05) is 18.2 Å². The van der Waals surface area contributed by atoms with Gasteiger partial charge in [-0.2, -0.15) is 0 Å². The lowest BCUT2D eigenvalue weighted by Crippen LogP contribution is -2.64. The Kier molecular flexibility index (Phi) is 34.7. The maximum Gasteiger partial charge on any atom is 0.472 e. The van der Waals surface area contributed by atoms with Crippen LogP contribution in [0.2, 0.25) is 0 Å². The maximum absolute atomic E-state index is 13.0. The molecule has 1 fully saturated rings. The number of carbonyl (C=O) groups excluding carboxylic acids is 2. The van der Waals surface area contributed by atoms with E-state index < -0.39 is 95.7 Å². The van der Waals surface area contributed by atoms with Gasteiger partial charge in [-0.3, -0.25) is 23.2 Å². The Hall–Kier alpha value is -2.64. The summed E-state index contributed by atoms with van der Waals surface area (Å²) in [5.41, 5.74) is 0. The van der Waals surface area contributed by atoms with Crippen LogP contribution in [0.1, 0.15) is 142 Å². The van der Waals surface area contributed by atoms with Crippen molar-refractivity contribution in [1.82, 2.24) is 0 Å². The van der Waals surface area contributed by atoms with Crippen LogP contribution in [0.3, 0.4) is 0 Å². The van der Waals surface area contributed by atoms with Crippen molar-refractivity contribution in [3.63, 3.8) is 0 Å². The summed E-state index contributed by atoms with van der Waals surface area (Å²) in [4.78, 5) is 54.3. The van der Waals surface area contributed by atoms with Crippen LogP contribution in [0.5, 0.6) is 0 Å². The molecule has 18 nitrogen and oxygen atoms in total. The van der Waals surface area contributed by atoms with E-state index in [4.69, 9.17) is 18.5 Å². The van der Waals surface area contributed by atoms with Crippen LogP contribution in [0, 0.1) is 0 Å². The van der Waals surface area contributed by atoms with Crippen molar-refractivity contribution >= 4 is 27.6 Å². The third-order valence-corrected chi connectivity index (χ3v) is 12.0. The van der Waals surface area contributed by atoms with Gasteiger partial charge in [0.1, 0.15) is 43.2 Å². The van der Waals surface area contributed by atoms with E-state index in [1.165, 1.54) is 19.3 Å². The lowest BCUT2D eigenvalue weighted by atomic mass is 9.85. The topological polar surface area (TPSA) is 296 Å². The van der Waals surface area contributed by atoms with E-state index in [2.05, 4.69) is 67.0 Å². The number of aliphatic hydroxyl groups excluding tert-OH is 6. The van der Waals surface area contributed by atoms with E-state index in [0.29, 0.717) is 12.8 Å². The second-order valence-electron chi connectivity index (χ2n) is 16.4. The molecular formula is C47H80O18P2. The SMILES string of the molecule is CC/C=C\C/C=C\C/C=C\C/C=C\C[C@@H](O)[C@H](O)CCCC(=O)O[C@H](COC(=O)CCCCCCC/C=C\C/C=C\CCCCC)COP(=O)(O)O[C@H]1C(O)C(O)C(O)[C@@H](OP(=O)(O)O)C1O. The van der Waals surface area contributed by atoms with E-state index in [1.54, 1.807) is 6.08 Å². The molecule has 0 heterocycles. The molecule has 0 amide bonds. The Morgan fingerprint density at radius 1 is 0.552 bits per heavy atom. The average molecular weight is 995 g/mol. The summed E-state index contributed by atoms with van der Waals surface area (Å²) in [5.74, 6) is -1.52. The third-order valence-electron chi connectivity index (χ3n) is 10.5. The molecule has 0 aliphatic heterocycles. The lowest BCUT2D eigenvalue weighted by molar-refractivity contribution is -0.216. The van der Waals surface area contributed by atoms with Crippen molar-refractivity contribution in [1.29, 1.82) is 0 Å². The molecule has 20 heteroatoms. The van der Waals surface area contributed by atoms with Crippen molar-refractivity contribution in [3.8, 4) is 0 Å². The number of phosphoric acid groups is 2. The molecule has 9 N–H and O–H groups in total. The second kappa shape index (κ2) is 37.2. The number of phosphoric ester groups is 2. The molecule has 1 saturated carbocycles. The van der Waals surface area contributed by atoms with Crippen LogP contribution in [0.15, 0.2) is 72.9 Å². The summed E-state index contributed by atoms with van der Waals surface area (Å²) in [6.07, 6.45) is 21.5. The smallest absolute Gasteiger partial charge is 0.462 e. The van der Waals surface area contributed by atoms with Crippen molar-refractivity contribution in [2.45, 2.75) is 197 Å². The van der Waals surface area contributed by atoms with Crippen LogP contribution in [-0.4, -0.2) is 125 Å². The molecule has 0 spiro atoms. The monoisotopic (exact) mass is 994 g/mol. The van der Waals surface area contributed by atoms with Crippen LogP contribution in [-0.2, 0) is 41.8 Å². The van der Waals surface area contributed by atoms with Gasteiger partial charge in [-0.05, 0) is 83.5 Å². The van der Waals surface area contributed by atoms with Crippen LogP contribution < -0.4 is 0 Å². The van der Waals surface area contributed by atoms with Gasteiger partial charge in [0.15, 0.2) is 6.10 Å². The molecule has 10 atom stereocenters. The highest BCUT2D eigenvalue weighted by Gasteiger charge is 2.54. The summed E-state index contributed by atoms with van der Waals surface area (Å²) in [6, 6.07) is 0. The molecule has 67 heavy (non-hydrogen) atoms. The number of carbonyl (C=O) groups is 2. The number of allylic oxidation sites excluding steroid dienone is 11. The Labute approximate surface area is 397 Å². The van der Waals surface area contributed by atoms with Crippen molar-refractivity contribution in [3.05, 3.63) is 72.9 Å². The molecular weight excluding hydrogens is 914 g/mol. The third kappa shape index (κ3) is 31.3. The van der Waals surface area contributed by atoms with E-state index in [0.717, 1.165) is 64.2 Å². The van der Waals surface area contributed by atoms with Crippen molar-refractivity contribution in [2.75, 3.05) is 13.2 Å². The van der Waals surface area contributed by atoms with Gasteiger partial charge in [0, 0.05) is 12.8 Å². The number of hydrogen-bond acceptors (Lipinski definition) is 15. The van der Waals surface area contributed by atoms with Crippen LogP contribution in [0.25, 0.3) is 0 Å². The first-order chi connectivity index (χ1) is 31.9. The minimum Gasteiger partial charge on any atom is -0.462 e. The van der Waals surface area contributed by atoms with Gasteiger partial charge in [-0.25, -0.2) is 9.13 Å². The minimum atomic E-state index is -5.40. The Morgan fingerprint density at radius 2 is 1.06 bits per heavy atom. The van der Waals surface area contributed by atoms with Gasteiger partial charge in [-0.15, -0.1) is 0 Å². The molecule has 1 rings (SSSR count). The zero-order valence-corrected chi connectivity index (χ0v) is 41.1. The highest BCUT2D eigenvalue weighted by Crippen LogP contribution is 2.49. The molecule has 5 unspecified atom stereocenters. The fourth-order valence-electron chi connectivity index (χ4n) is 6.67. The van der Waals surface area contributed by atoms with Gasteiger partial charge in [0.2, 0.25) is 0 Å². The maximum atomic E-state index is 13.0. The quantitative estimate of drug-likeness (QED) is 0.0133. The number of hydrogen-bond donors (Lipinski definition) is 9. The molecule has 1 aliphatic carbocycles. The Bertz CT molecular complexity index is 1610. The largest absolute Gasteiger partial charge is 0.472 e. The lowest BCUT2D eigenvalue weighted by Gasteiger charge is -2.43. The molecule has 0 radical (unpaired) electrons. The fourth-order valence-corrected chi connectivity index (χ4v) is 8.21. The van der Waals surface area contributed by atoms with Crippen molar-refractivity contribution in [2.24, 2.45) is 0 Å². The first kappa shape index (κ1) is 62.4. The summed E-state index contributed by atoms with van der Waals surface area (Å²) in [7, 11) is -10.8. The first-order valence-corrected chi connectivity index (χ1v) is 26.7. The molecule has 0 aromatic heterocycles. The number of rotatable bonds is 38. The number of esters is 2. The molecule has 0 saturated heterocycles. The highest BCUT2D eigenvalue weighted by atomic mass is 31.2. The normalized spacial score (nSPS) is 23.0. The second-order valence-corrected chi connectivity index (χ2v) is 19.0. The fraction of sp³-hybridized carbons (Fsp3) is 0.702. The predicted octanol–water partition coefficient (Wildman–Crippen LogP) is 6.78. The summed E-state index contributed by atoms with van der Waals surface area (Å²) >= 11 is 0. The summed E-state index contributed by atoms with van der Waals surface area (Å²) in [6.45, 7) is 2.70. The van der Waals surface area contributed by atoms with Gasteiger partial charge in [-0.1, -0.05) is 119 Å². The van der Waals surface area contributed by atoms with Gasteiger partial charge in [0.05, 0.1) is 18.8 Å². The highest BCUT2D eigenvalue weighted by molar-refractivity contribution is 7.47. The Balaban J connectivity index is 2.72. The number of ether oxygens (including phenoxy) is 2. The predicted molar refractivity (Wildman–Crippen MR) is 253 cm³/mol. The van der Waals surface area contributed by atoms with Gasteiger partial charge in [0.25, 0.3) is 0 Å². The molecule has 0 aromatic carbocycles. The van der Waals surface area contributed by atoms with E-state index in [-0.39, 0.29) is 32.1 Å². The van der Waals surface area contributed by atoms with E-state index in [9.17, 15) is 64.0 Å². The van der Waals surface area contributed by atoms with E-state index >= 15 is 0 Å². The van der Waals surface area contributed by atoms with Gasteiger partial charge < -0.3 is 54.8 Å². The zero-order chi connectivity index (χ0) is 49.9. The first-order valence-electron chi connectivity index (χ1n) is 23.6. The van der Waals surface area contributed by atoms with Gasteiger partial charge >= 0.3 is 27.6 Å². The number of unbranched alkanes of at least 4 members (excludes halogenated alkanes) is 8. The molecule has 1 aliphatic rings. The average Bonchev–Trinajstić information content (AvgIpc) is 3.28. The summed E-state index contributed by atoms with van der Waals surface area (Å²) < 4.78 is 49.1. The zero-order valence-electron chi connectivity index (χ0n) is 39.3. The van der Waals surface area contributed by atoms with Crippen LogP contribution >= 0.6 is 15.6 Å². The Morgan fingerprint density at radius 3 is 1.64 bits per heavy atom. The summed E-state index contributed by atoms with van der Waals surface area (Å²) in [5, 5.41) is 62.1. The molecule has 0 bridgehead atoms. The van der Waals surface area contributed by atoms with Crippen molar-refractivity contribution < 1.29 is 87.1 Å². The molecule has 0 aromatic rings. The van der Waals surface area contributed by atoms with Crippen LogP contribution in [0.4, 0.5) is 0 Å². The standard InChI is InChI=1S/C47H80O18P2/c1-3-5-7-9-11-13-15-17-18-19-21-23-25-27-29-33-40(50)61-35-37(36-62-67(59,60)65-47-44(54)42(52)43(53)46(45(47)55)64-66(56,57)58)63-41(51)34-30-32-39(49)38(48)31-28-26-24-22-20-16-14-12-10-8-6-4-2/h6,8,11-14,17-18,20,22,26,28,37-39,42-49,52-55H,3-5,7,9-10,15-16,19,21,23-25,27,29-36H2,1-2H3,(H,59,60)(H2,56,57,58)/b8-6-,13-11-,14-12-,18-17-,22-20-,28-26-/t37-,38-,39-,42?,43?,44?,45?,46-,47+/m1/s1.